The van der Waals surface area contributed by atoms with Crippen LogP contribution in [0.25, 0.3) is 6.08 Å². The maximum Gasteiger partial charge on any atom is 0.185 e. The molecule has 0 saturated carbocycles. The topological polar surface area (TPSA) is 70.9 Å². The number of hydrogen-bond donors (Lipinski definition) is 2. The van der Waals surface area contributed by atoms with Crippen molar-refractivity contribution >= 4 is 34.5 Å². The highest BCUT2D eigenvalue weighted by Gasteiger charge is 2.07. The number of aromatic hydroxyl groups is 1. The second-order valence-electron chi connectivity index (χ2n) is 5.95. The van der Waals surface area contributed by atoms with Crippen molar-refractivity contribution in [3.05, 3.63) is 59.7 Å². The Bertz CT molecular complexity index is 860. The van der Waals surface area contributed by atoms with Crippen LogP contribution in [0.2, 0.25) is 0 Å². The normalized spacial score (nSPS) is 14.0. The summed E-state index contributed by atoms with van der Waals surface area (Å²) in [7, 11) is 0. The Morgan fingerprint density at radius 1 is 1.30 bits per heavy atom. The number of ether oxygens (including phenoxy) is 1. The molecule has 0 amide bonds. The molecule has 1 aliphatic heterocycles. The molecule has 0 fully saturated rings. The Morgan fingerprint density at radius 2 is 2.11 bits per heavy atom. The lowest BCUT2D eigenvalue weighted by Crippen LogP contribution is -2.13. The highest BCUT2D eigenvalue weighted by molar-refractivity contribution is 8.14. The standard InChI is InChI=1S/C21H22N2O3S/c1-2-26-20-14-15(5-11-19(20)25)4-10-18(24)16-6-8-17(9-7-16)23-21-22-12-3-13-27-21/h4-11,14,25H,2-3,12-13H2,1H3,(H,22,23)/b10-4+. The quantitative estimate of drug-likeness (QED) is 0.565. The van der Waals surface area contributed by atoms with E-state index in [2.05, 4.69) is 10.3 Å². The fourth-order valence-corrected chi connectivity index (χ4v) is 3.39. The minimum Gasteiger partial charge on any atom is -0.504 e. The number of aliphatic imine (C=N–C) groups is 1. The summed E-state index contributed by atoms with van der Waals surface area (Å²) in [5.41, 5.74) is 2.32. The van der Waals surface area contributed by atoms with Crippen LogP contribution in [0.5, 0.6) is 11.5 Å². The molecular formula is C21H22N2O3S. The molecule has 0 aromatic heterocycles. The molecule has 27 heavy (non-hydrogen) atoms. The van der Waals surface area contributed by atoms with E-state index in [-0.39, 0.29) is 11.5 Å². The van der Waals surface area contributed by atoms with Gasteiger partial charge in [0.25, 0.3) is 0 Å². The predicted octanol–water partition coefficient (Wildman–Crippen LogP) is 4.59. The molecule has 2 aromatic rings. The van der Waals surface area contributed by atoms with Gasteiger partial charge < -0.3 is 15.2 Å². The highest BCUT2D eigenvalue weighted by atomic mass is 32.2. The van der Waals surface area contributed by atoms with Crippen LogP contribution in [-0.2, 0) is 0 Å². The van der Waals surface area contributed by atoms with Gasteiger partial charge in [0.2, 0.25) is 0 Å². The molecule has 5 nitrogen and oxygen atoms in total. The summed E-state index contributed by atoms with van der Waals surface area (Å²) in [6, 6.07) is 12.4. The lowest BCUT2D eigenvalue weighted by molar-refractivity contribution is 0.104. The highest BCUT2D eigenvalue weighted by Crippen LogP contribution is 2.27. The molecule has 0 bridgehead atoms. The van der Waals surface area contributed by atoms with E-state index >= 15 is 0 Å². The second kappa shape index (κ2) is 9.28. The van der Waals surface area contributed by atoms with Gasteiger partial charge in [0.05, 0.1) is 6.61 Å². The Hall–Kier alpha value is -2.73. The van der Waals surface area contributed by atoms with E-state index < -0.39 is 0 Å². The van der Waals surface area contributed by atoms with Gasteiger partial charge in [0, 0.05) is 23.5 Å². The van der Waals surface area contributed by atoms with Crippen molar-refractivity contribution in [1.82, 2.24) is 0 Å². The summed E-state index contributed by atoms with van der Waals surface area (Å²) in [5.74, 6) is 1.49. The zero-order chi connectivity index (χ0) is 19.1. The SMILES string of the molecule is CCOc1cc(/C=C/C(=O)c2ccc(NC3=NCCCS3)cc2)ccc1O. The first kappa shape index (κ1) is 19.0. The van der Waals surface area contributed by atoms with Crippen molar-refractivity contribution in [3.63, 3.8) is 0 Å². The first-order valence-corrected chi connectivity index (χ1v) is 9.87. The monoisotopic (exact) mass is 382 g/mol. The van der Waals surface area contributed by atoms with E-state index in [0.717, 1.165) is 35.1 Å². The first-order chi connectivity index (χ1) is 13.2. The van der Waals surface area contributed by atoms with E-state index in [0.29, 0.717) is 17.9 Å². The number of benzene rings is 2. The molecule has 0 spiro atoms. The van der Waals surface area contributed by atoms with Crippen LogP contribution in [0.15, 0.2) is 53.5 Å². The molecular weight excluding hydrogens is 360 g/mol. The zero-order valence-corrected chi connectivity index (χ0v) is 16.0. The molecule has 1 aliphatic rings. The van der Waals surface area contributed by atoms with Gasteiger partial charge in [-0.05, 0) is 61.4 Å². The van der Waals surface area contributed by atoms with Crippen LogP contribution in [0.1, 0.15) is 29.3 Å². The molecule has 6 heteroatoms. The lowest BCUT2D eigenvalue weighted by Gasteiger charge is -2.13. The molecule has 2 N–H and O–H groups in total. The van der Waals surface area contributed by atoms with Gasteiger partial charge in [0.15, 0.2) is 22.4 Å². The molecule has 2 aromatic carbocycles. The third-order valence-corrected chi connectivity index (χ3v) is 4.93. The van der Waals surface area contributed by atoms with Crippen molar-refractivity contribution in [2.75, 3.05) is 24.2 Å². The Morgan fingerprint density at radius 3 is 2.81 bits per heavy atom. The van der Waals surface area contributed by atoms with Gasteiger partial charge in [-0.15, -0.1) is 0 Å². The van der Waals surface area contributed by atoms with Crippen molar-refractivity contribution in [2.45, 2.75) is 13.3 Å². The molecule has 0 aliphatic carbocycles. The second-order valence-corrected chi connectivity index (χ2v) is 7.03. The number of thioether (sulfide) groups is 1. The Kier molecular flexibility index (Phi) is 6.54. The van der Waals surface area contributed by atoms with Gasteiger partial charge in [0.1, 0.15) is 0 Å². The van der Waals surface area contributed by atoms with E-state index in [1.54, 1.807) is 48.2 Å². The van der Waals surface area contributed by atoms with E-state index in [1.165, 1.54) is 6.08 Å². The van der Waals surface area contributed by atoms with Gasteiger partial charge in [-0.2, -0.15) is 0 Å². The largest absolute Gasteiger partial charge is 0.504 e. The number of carbonyl (C=O) groups excluding carboxylic acids is 1. The van der Waals surface area contributed by atoms with Gasteiger partial charge in [-0.25, -0.2) is 0 Å². The molecule has 140 valence electrons. The number of amidine groups is 1. The van der Waals surface area contributed by atoms with Crippen LogP contribution in [-0.4, -0.2) is 35.0 Å². The van der Waals surface area contributed by atoms with Crippen molar-refractivity contribution in [3.8, 4) is 11.5 Å². The number of phenols is 1. The molecule has 0 radical (unpaired) electrons. The fraction of sp³-hybridized carbons (Fsp3) is 0.238. The van der Waals surface area contributed by atoms with E-state index in [9.17, 15) is 9.90 Å². The predicted molar refractivity (Wildman–Crippen MR) is 112 cm³/mol. The Labute approximate surface area is 163 Å². The summed E-state index contributed by atoms with van der Waals surface area (Å²) >= 11 is 1.71. The van der Waals surface area contributed by atoms with Crippen molar-refractivity contribution in [2.24, 2.45) is 4.99 Å². The lowest BCUT2D eigenvalue weighted by atomic mass is 10.1. The number of hydrogen-bond acceptors (Lipinski definition) is 6. The summed E-state index contributed by atoms with van der Waals surface area (Å²) in [5, 5.41) is 13.9. The average molecular weight is 382 g/mol. The summed E-state index contributed by atoms with van der Waals surface area (Å²) in [6.45, 7) is 3.17. The number of allylic oxidation sites excluding steroid dienone is 1. The maximum atomic E-state index is 12.4. The van der Waals surface area contributed by atoms with E-state index in [1.807, 2.05) is 19.1 Å². The third kappa shape index (κ3) is 5.37. The number of anilines is 1. The van der Waals surface area contributed by atoms with Crippen molar-refractivity contribution in [1.29, 1.82) is 0 Å². The van der Waals surface area contributed by atoms with Crippen LogP contribution in [0.4, 0.5) is 5.69 Å². The van der Waals surface area contributed by atoms with Crippen LogP contribution in [0, 0.1) is 0 Å². The van der Waals surface area contributed by atoms with Crippen LogP contribution < -0.4 is 10.1 Å². The molecule has 0 saturated heterocycles. The third-order valence-electron chi connectivity index (χ3n) is 3.93. The number of nitrogens with zero attached hydrogens (tertiary/aromatic N) is 1. The van der Waals surface area contributed by atoms with Crippen LogP contribution in [0.3, 0.4) is 0 Å². The number of carbonyl (C=O) groups is 1. The average Bonchev–Trinajstić information content (AvgIpc) is 2.70. The number of ketones is 1. The summed E-state index contributed by atoms with van der Waals surface area (Å²) in [6.07, 6.45) is 4.35. The summed E-state index contributed by atoms with van der Waals surface area (Å²) < 4.78 is 5.36. The number of rotatable bonds is 6. The minimum absolute atomic E-state index is 0.0861. The van der Waals surface area contributed by atoms with Gasteiger partial charge in [-0.1, -0.05) is 23.9 Å². The Balaban J connectivity index is 1.64. The van der Waals surface area contributed by atoms with Crippen molar-refractivity contribution < 1.29 is 14.6 Å². The van der Waals surface area contributed by atoms with E-state index in [4.69, 9.17) is 4.74 Å². The zero-order valence-electron chi connectivity index (χ0n) is 15.1. The number of nitrogens with one attached hydrogen (secondary N) is 1. The maximum absolute atomic E-state index is 12.4. The first-order valence-electron chi connectivity index (χ1n) is 8.88. The molecule has 0 unspecified atom stereocenters. The summed E-state index contributed by atoms with van der Waals surface area (Å²) in [4.78, 5) is 16.8. The molecule has 1 heterocycles. The van der Waals surface area contributed by atoms with Gasteiger partial charge >= 0.3 is 0 Å². The molecule has 0 atom stereocenters. The van der Waals surface area contributed by atoms with Crippen LogP contribution >= 0.6 is 11.8 Å². The van der Waals surface area contributed by atoms with Gasteiger partial charge in [-0.3, -0.25) is 9.79 Å². The fourth-order valence-electron chi connectivity index (χ4n) is 2.55. The number of phenolic OH excluding ortho intramolecular Hbond substituents is 1. The minimum atomic E-state index is -0.0861. The molecule has 3 rings (SSSR count). The smallest absolute Gasteiger partial charge is 0.185 e.